The first-order valence-corrected chi connectivity index (χ1v) is 6.16. The Kier molecular flexibility index (Phi) is 1.94. The molecule has 3 rings (SSSR count). The predicted octanol–water partition coefficient (Wildman–Crippen LogP) is 3.39. The van der Waals surface area contributed by atoms with Crippen LogP contribution in [-0.2, 0) is 18.3 Å². The standard InChI is InChI=1S/C11H13Cl2NO/c1-10(6-11(10,12)13)9-7-4-2-3-5-8(7)14-15-9/h2-6H2,1H3. The Balaban J connectivity index is 2.03. The molecule has 2 nitrogen and oxygen atoms in total. The van der Waals surface area contributed by atoms with Crippen LogP contribution in [0.3, 0.4) is 0 Å². The van der Waals surface area contributed by atoms with Gasteiger partial charge in [0.2, 0.25) is 0 Å². The highest BCUT2D eigenvalue weighted by Gasteiger charge is 2.67. The molecular weight excluding hydrogens is 233 g/mol. The van der Waals surface area contributed by atoms with Crippen LogP contribution in [0.1, 0.15) is 43.2 Å². The van der Waals surface area contributed by atoms with Crippen LogP contribution in [0.2, 0.25) is 0 Å². The highest BCUT2D eigenvalue weighted by Crippen LogP contribution is 2.65. The highest BCUT2D eigenvalue weighted by molar-refractivity contribution is 6.52. The molecule has 15 heavy (non-hydrogen) atoms. The van der Waals surface area contributed by atoms with E-state index in [4.69, 9.17) is 27.7 Å². The van der Waals surface area contributed by atoms with Crippen molar-refractivity contribution < 1.29 is 4.52 Å². The molecule has 0 aromatic carbocycles. The van der Waals surface area contributed by atoms with E-state index >= 15 is 0 Å². The normalized spacial score (nSPS) is 32.5. The van der Waals surface area contributed by atoms with Gasteiger partial charge >= 0.3 is 0 Å². The van der Waals surface area contributed by atoms with Gasteiger partial charge in [-0.2, -0.15) is 0 Å². The first-order chi connectivity index (χ1) is 7.05. The monoisotopic (exact) mass is 245 g/mol. The molecule has 2 aliphatic carbocycles. The second-order valence-electron chi connectivity index (χ2n) is 4.86. The highest BCUT2D eigenvalue weighted by atomic mass is 35.5. The number of alkyl halides is 2. The zero-order valence-corrected chi connectivity index (χ0v) is 10.2. The van der Waals surface area contributed by atoms with Crippen molar-refractivity contribution in [1.82, 2.24) is 5.16 Å². The number of fused-ring (bicyclic) bond motifs is 1. The van der Waals surface area contributed by atoms with Crippen LogP contribution in [-0.4, -0.2) is 9.49 Å². The van der Waals surface area contributed by atoms with Crippen LogP contribution in [0.15, 0.2) is 4.52 Å². The maximum absolute atomic E-state index is 6.16. The lowest BCUT2D eigenvalue weighted by Crippen LogP contribution is -2.13. The Bertz CT molecular complexity index is 413. The van der Waals surface area contributed by atoms with Gasteiger partial charge in [-0.15, -0.1) is 23.2 Å². The molecule has 0 spiro atoms. The Labute approximate surface area is 98.9 Å². The summed E-state index contributed by atoms with van der Waals surface area (Å²) in [6, 6.07) is 0. The molecule has 0 radical (unpaired) electrons. The maximum Gasteiger partial charge on any atom is 0.149 e. The van der Waals surface area contributed by atoms with E-state index < -0.39 is 4.33 Å². The zero-order chi connectivity index (χ0) is 10.7. The minimum atomic E-state index is -0.655. The van der Waals surface area contributed by atoms with Gasteiger partial charge in [-0.25, -0.2) is 0 Å². The average Bonchev–Trinajstić information content (AvgIpc) is 2.61. The number of aryl methyl sites for hydroxylation is 1. The van der Waals surface area contributed by atoms with Gasteiger partial charge in [-0.3, -0.25) is 0 Å². The maximum atomic E-state index is 6.16. The van der Waals surface area contributed by atoms with Gasteiger partial charge in [0.15, 0.2) is 0 Å². The van der Waals surface area contributed by atoms with Gasteiger partial charge < -0.3 is 4.52 Å². The van der Waals surface area contributed by atoms with Gasteiger partial charge in [0.25, 0.3) is 0 Å². The van der Waals surface area contributed by atoms with Crippen molar-refractivity contribution in [2.75, 3.05) is 0 Å². The number of aromatic nitrogens is 1. The smallest absolute Gasteiger partial charge is 0.149 e. The first kappa shape index (κ1) is 9.98. The van der Waals surface area contributed by atoms with E-state index in [0.717, 1.165) is 30.7 Å². The quantitative estimate of drug-likeness (QED) is 0.710. The summed E-state index contributed by atoms with van der Waals surface area (Å²) in [7, 11) is 0. The van der Waals surface area contributed by atoms with Gasteiger partial charge in [-0.05, 0) is 39.0 Å². The first-order valence-electron chi connectivity index (χ1n) is 5.40. The van der Waals surface area contributed by atoms with E-state index in [1.165, 1.54) is 18.4 Å². The third kappa shape index (κ3) is 1.27. The van der Waals surface area contributed by atoms with Gasteiger partial charge in [0, 0.05) is 5.56 Å². The lowest BCUT2D eigenvalue weighted by Gasteiger charge is -2.13. The molecule has 1 aromatic heterocycles. The summed E-state index contributed by atoms with van der Waals surface area (Å²) in [6.45, 7) is 2.06. The zero-order valence-electron chi connectivity index (χ0n) is 8.65. The summed E-state index contributed by atoms with van der Waals surface area (Å²) in [4.78, 5) is 0. The molecule has 0 N–H and O–H groups in total. The predicted molar refractivity (Wildman–Crippen MR) is 59.6 cm³/mol. The molecule has 0 saturated heterocycles. The molecule has 4 heteroatoms. The topological polar surface area (TPSA) is 26.0 Å². The minimum absolute atomic E-state index is 0.214. The van der Waals surface area contributed by atoms with E-state index in [-0.39, 0.29) is 5.41 Å². The van der Waals surface area contributed by atoms with Crippen LogP contribution >= 0.6 is 23.2 Å². The second kappa shape index (κ2) is 2.92. The van der Waals surface area contributed by atoms with Crippen LogP contribution in [0.5, 0.6) is 0 Å². The number of halogens is 2. The molecule has 0 aliphatic heterocycles. The summed E-state index contributed by atoms with van der Waals surface area (Å²) < 4.78 is 4.81. The van der Waals surface area contributed by atoms with Gasteiger partial charge in [-0.1, -0.05) is 5.16 Å². The summed E-state index contributed by atoms with van der Waals surface area (Å²) in [6.07, 6.45) is 5.29. The summed E-state index contributed by atoms with van der Waals surface area (Å²) in [5, 5.41) is 4.14. The lowest BCUT2D eigenvalue weighted by atomic mass is 9.91. The summed E-state index contributed by atoms with van der Waals surface area (Å²) in [5.74, 6) is 0.933. The van der Waals surface area contributed by atoms with Crippen LogP contribution in [0.25, 0.3) is 0 Å². The van der Waals surface area contributed by atoms with Crippen LogP contribution < -0.4 is 0 Å². The molecule has 0 bridgehead atoms. The Morgan fingerprint density at radius 3 is 2.60 bits per heavy atom. The Morgan fingerprint density at radius 1 is 1.27 bits per heavy atom. The fourth-order valence-corrected chi connectivity index (χ4v) is 3.18. The minimum Gasteiger partial charge on any atom is -0.360 e. The molecule has 1 atom stereocenters. The van der Waals surface area contributed by atoms with E-state index in [9.17, 15) is 0 Å². The summed E-state index contributed by atoms with van der Waals surface area (Å²) in [5.41, 5.74) is 2.18. The van der Waals surface area contributed by atoms with E-state index in [1.807, 2.05) is 0 Å². The Morgan fingerprint density at radius 2 is 1.93 bits per heavy atom. The third-order valence-electron chi connectivity index (χ3n) is 3.72. The molecule has 1 heterocycles. The average molecular weight is 246 g/mol. The van der Waals surface area contributed by atoms with E-state index in [0.29, 0.717) is 0 Å². The number of nitrogens with zero attached hydrogens (tertiary/aromatic N) is 1. The van der Waals surface area contributed by atoms with Crippen molar-refractivity contribution in [3.8, 4) is 0 Å². The van der Waals surface area contributed by atoms with Crippen molar-refractivity contribution in [2.24, 2.45) is 0 Å². The van der Waals surface area contributed by atoms with E-state index in [2.05, 4.69) is 12.1 Å². The SMILES string of the molecule is CC1(c2onc3c2CCCC3)CC1(Cl)Cl. The van der Waals surface area contributed by atoms with Crippen molar-refractivity contribution >= 4 is 23.2 Å². The lowest BCUT2D eigenvalue weighted by molar-refractivity contribution is 0.353. The van der Waals surface area contributed by atoms with Crippen molar-refractivity contribution in [1.29, 1.82) is 0 Å². The molecule has 0 amide bonds. The largest absolute Gasteiger partial charge is 0.360 e. The second-order valence-corrected chi connectivity index (χ2v) is 6.34. The molecule has 1 fully saturated rings. The molecule has 82 valence electrons. The van der Waals surface area contributed by atoms with Crippen molar-refractivity contribution in [2.45, 2.75) is 48.8 Å². The van der Waals surface area contributed by atoms with Crippen LogP contribution in [0, 0.1) is 0 Å². The van der Waals surface area contributed by atoms with Crippen LogP contribution in [0.4, 0.5) is 0 Å². The molecule has 1 unspecified atom stereocenters. The number of hydrogen-bond acceptors (Lipinski definition) is 2. The summed E-state index contributed by atoms with van der Waals surface area (Å²) >= 11 is 12.3. The number of rotatable bonds is 1. The van der Waals surface area contributed by atoms with E-state index in [1.54, 1.807) is 0 Å². The molecular formula is C11H13Cl2NO. The fourth-order valence-electron chi connectivity index (χ4n) is 2.47. The fraction of sp³-hybridized carbons (Fsp3) is 0.727. The van der Waals surface area contributed by atoms with Crippen molar-refractivity contribution in [3.05, 3.63) is 17.0 Å². The van der Waals surface area contributed by atoms with Crippen molar-refractivity contribution in [3.63, 3.8) is 0 Å². The number of hydrogen-bond donors (Lipinski definition) is 0. The molecule has 1 aromatic rings. The Hall–Kier alpha value is -0.210. The van der Waals surface area contributed by atoms with Gasteiger partial charge in [0.1, 0.15) is 10.1 Å². The third-order valence-corrected chi connectivity index (χ3v) is 4.82. The van der Waals surface area contributed by atoms with Gasteiger partial charge in [0.05, 0.1) is 11.1 Å². The molecule has 1 saturated carbocycles. The molecule has 2 aliphatic rings.